The van der Waals surface area contributed by atoms with E-state index >= 15 is 0 Å². The fourth-order valence-corrected chi connectivity index (χ4v) is 2.98. The van der Waals surface area contributed by atoms with Crippen molar-refractivity contribution in [2.24, 2.45) is 0 Å². The first-order valence-electron chi connectivity index (χ1n) is 8.41. The number of rotatable bonds is 4. The minimum absolute atomic E-state index is 0.206. The Hall–Kier alpha value is -3.09. The van der Waals surface area contributed by atoms with Gasteiger partial charge < -0.3 is 19.5 Å². The van der Waals surface area contributed by atoms with E-state index in [4.69, 9.17) is 19.4 Å². The molecule has 2 heterocycles. The lowest BCUT2D eigenvalue weighted by Gasteiger charge is -2.25. The molecule has 2 aliphatic rings. The van der Waals surface area contributed by atoms with Gasteiger partial charge in [0.1, 0.15) is 5.69 Å². The number of nitrogens with zero attached hydrogens (tertiary/aromatic N) is 3. The molecule has 7 nitrogen and oxygen atoms in total. The van der Waals surface area contributed by atoms with Crippen LogP contribution >= 0.6 is 0 Å². The third-order valence-electron chi connectivity index (χ3n) is 4.68. The summed E-state index contributed by atoms with van der Waals surface area (Å²) in [6.07, 6.45) is 1.89. The number of ether oxygens (including phenoxy) is 2. The summed E-state index contributed by atoms with van der Waals surface area (Å²) in [5.41, 5.74) is 3.15. The molecule has 0 spiro atoms. The van der Waals surface area contributed by atoms with E-state index in [1.54, 1.807) is 6.08 Å². The van der Waals surface area contributed by atoms with Crippen LogP contribution in [-0.4, -0.2) is 40.9 Å². The highest BCUT2D eigenvalue weighted by Gasteiger charge is 2.26. The molecule has 4 rings (SSSR count). The summed E-state index contributed by atoms with van der Waals surface area (Å²) < 4.78 is 10.9. The van der Waals surface area contributed by atoms with E-state index < -0.39 is 5.97 Å². The van der Waals surface area contributed by atoms with Crippen molar-refractivity contribution < 1.29 is 19.4 Å². The number of hydrogen-bond donors (Lipinski definition) is 1. The zero-order valence-corrected chi connectivity index (χ0v) is 14.8. The van der Waals surface area contributed by atoms with Crippen molar-refractivity contribution in [2.75, 3.05) is 18.7 Å². The standard InChI is InChI=1S/C19H19N3O4/c1-10(2)22(3)18-17(11-4-5-15-16(8-11)26-9-25-15)20-13-6-12(19(23)24)7-14(13)21-18/h4-6,8,10H,7,9H2,1-3H3,(H,23,24). The molecular weight excluding hydrogens is 334 g/mol. The van der Waals surface area contributed by atoms with Crippen molar-refractivity contribution in [3.63, 3.8) is 0 Å². The topological polar surface area (TPSA) is 84.8 Å². The smallest absolute Gasteiger partial charge is 0.332 e. The van der Waals surface area contributed by atoms with Crippen molar-refractivity contribution in [1.29, 1.82) is 0 Å². The Bertz CT molecular complexity index is 937. The van der Waals surface area contributed by atoms with E-state index in [1.165, 1.54) is 0 Å². The van der Waals surface area contributed by atoms with E-state index in [2.05, 4.69) is 13.8 Å². The molecule has 0 amide bonds. The lowest BCUT2D eigenvalue weighted by Crippen LogP contribution is -2.28. The summed E-state index contributed by atoms with van der Waals surface area (Å²) in [5, 5.41) is 9.28. The number of hydrogen-bond acceptors (Lipinski definition) is 6. The van der Waals surface area contributed by atoms with Crippen LogP contribution in [0.4, 0.5) is 5.82 Å². The van der Waals surface area contributed by atoms with Gasteiger partial charge in [0, 0.05) is 30.6 Å². The van der Waals surface area contributed by atoms with Gasteiger partial charge in [0.25, 0.3) is 0 Å². The van der Waals surface area contributed by atoms with Crippen molar-refractivity contribution in [3.8, 4) is 22.8 Å². The number of anilines is 1. The fraction of sp³-hybridized carbons (Fsp3) is 0.316. The lowest BCUT2D eigenvalue weighted by molar-refractivity contribution is -0.132. The molecule has 1 aliphatic carbocycles. The number of carboxylic acids is 1. The van der Waals surface area contributed by atoms with E-state index in [9.17, 15) is 9.90 Å². The molecule has 1 aliphatic heterocycles. The van der Waals surface area contributed by atoms with Gasteiger partial charge in [0.2, 0.25) is 6.79 Å². The minimum Gasteiger partial charge on any atom is -0.478 e. The molecule has 0 fully saturated rings. The molecule has 1 N–H and O–H groups in total. The summed E-state index contributed by atoms with van der Waals surface area (Å²) in [7, 11) is 1.96. The highest BCUT2D eigenvalue weighted by molar-refractivity contribution is 5.95. The molecule has 0 saturated heterocycles. The van der Waals surface area contributed by atoms with Gasteiger partial charge in [-0.1, -0.05) is 0 Å². The molecule has 0 radical (unpaired) electrons. The third-order valence-corrected chi connectivity index (χ3v) is 4.68. The first-order chi connectivity index (χ1) is 12.4. The Morgan fingerprint density at radius 3 is 2.73 bits per heavy atom. The van der Waals surface area contributed by atoms with Crippen molar-refractivity contribution in [1.82, 2.24) is 9.97 Å². The molecule has 26 heavy (non-hydrogen) atoms. The molecule has 1 aromatic heterocycles. The highest BCUT2D eigenvalue weighted by Crippen LogP contribution is 2.39. The monoisotopic (exact) mass is 353 g/mol. The summed E-state index contributed by atoms with van der Waals surface area (Å²) in [5.74, 6) is 1.16. The molecular formula is C19H19N3O4. The molecule has 0 saturated carbocycles. The second-order valence-electron chi connectivity index (χ2n) is 6.65. The van der Waals surface area contributed by atoms with Crippen molar-refractivity contribution in [2.45, 2.75) is 26.3 Å². The molecule has 1 aromatic carbocycles. The quantitative estimate of drug-likeness (QED) is 0.904. The zero-order valence-electron chi connectivity index (χ0n) is 14.8. The molecule has 0 bridgehead atoms. The van der Waals surface area contributed by atoms with Crippen LogP contribution in [0.5, 0.6) is 11.5 Å². The van der Waals surface area contributed by atoms with Gasteiger partial charge in [0.15, 0.2) is 17.3 Å². The van der Waals surface area contributed by atoms with Crippen LogP contribution in [0.25, 0.3) is 17.3 Å². The Labute approximate surface area is 150 Å². The maximum Gasteiger partial charge on any atom is 0.332 e. The summed E-state index contributed by atoms with van der Waals surface area (Å²) in [4.78, 5) is 22.8. The molecule has 0 unspecified atom stereocenters. The molecule has 134 valence electrons. The molecule has 7 heteroatoms. The number of aliphatic carboxylic acids is 1. The van der Waals surface area contributed by atoms with Gasteiger partial charge in [-0.15, -0.1) is 0 Å². The van der Waals surface area contributed by atoms with Gasteiger partial charge >= 0.3 is 5.97 Å². The Morgan fingerprint density at radius 2 is 2.00 bits per heavy atom. The second-order valence-corrected chi connectivity index (χ2v) is 6.65. The molecule has 2 aromatic rings. The van der Waals surface area contributed by atoms with Crippen LogP contribution in [0.2, 0.25) is 0 Å². The Kier molecular flexibility index (Phi) is 3.79. The average molecular weight is 353 g/mol. The van der Waals surface area contributed by atoms with Crippen LogP contribution in [0.3, 0.4) is 0 Å². The average Bonchev–Trinajstić information content (AvgIpc) is 3.25. The van der Waals surface area contributed by atoms with Crippen LogP contribution in [0.15, 0.2) is 23.8 Å². The van der Waals surface area contributed by atoms with E-state index in [0.29, 0.717) is 34.2 Å². The third kappa shape index (κ3) is 2.65. The van der Waals surface area contributed by atoms with Gasteiger partial charge in [-0.2, -0.15) is 0 Å². The number of carbonyl (C=O) groups is 1. The zero-order chi connectivity index (χ0) is 18.4. The van der Waals surface area contributed by atoms with E-state index in [0.717, 1.165) is 11.4 Å². The van der Waals surface area contributed by atoms with Crippen molar-refractivity contribution in [3.05, 3.63) is 35.2 Å². The number of carboxylic acid groups (broad SMARTS) is 1. The first-order valence-corrected chi connectivity index (χ1v) is 8.41. The fourth-order valence-electron chi connectivity index (χ4n) is 2.98. The second kappa shape index (κ2) is 6.01. The Morgan fingerprint density at radius 1 is 1.23 bits per heavy atom. The normalized spacial score (nSPS) is 14.4. The summed E-state index contributed by atoms with van der Waals surface area (Å²) in [6, 6.07) is 5.86. The van der Waals surface area contributed by atoms with Gasteiger partial charge in [-0.3, -0.25) is 0 Å². The predicted molar refractivity (Wildman–Crippen MR) is 96.4 cm³/mol. The lowest BCUT2D eigenvalue weighted by atomic mass is 10.1. The maximum atomic E-state index is 11.3. The summed E-state index contributed by atoms with van der Waals surface area (Å²) in [6.45, 7) is 4.34. The highest BCUT2D eigenvalue weighted by atomic mass is 16.7. The first kappa shape index (κ1) is 16.4. The van der Waals surface area contributed by atoms with E-state index in [-0.39, 0.29) is 19.3 Å². The number of benzene rings is 1. The number of fused-ring (bicyclic) bond motifs is 2. The van der Waals surface area contributed by atoms with Crippen molar-refractivity contribution >= 4 is 17.9 Å². The van der Waals surface area contributed by atoms with Gasteiger partial charge in [-0.05, 0) is 38.1 Å². The molecule has 0 atom stereocenters. The summed E-state index contributed by atoms with van der Waals surface area (Å²) >= 11 is 0. The van der Waals surface area contributed by atoms with Gasteiger partial charge in [-0.25, -0.2) is 14.8 Å². The number of aromatic nitrogens is 2. The largest absolute Gasteiger partial charge is 0.478 e. The maximum absolute atomic E-state index is 11.3. The minimum atomic E-state index is -0.937. The van der Waals surface area contributed by atoms with Crippen LogP contribution in [0, 0.1) is 0 Å². The Balaban J connectivity index is 1.86. The SMILES string of the molecule is CC(C)N(C)c1nc2c(nc1-c1ccc3c(c1)OCO3)C=C(C(=O)O)C2. The van der Waals surface area contributed by atoms with Gasteiger partial charge in [0.05, 0.1) is 11.4 Å². The van der Waals surface area contributed by atoms with Crippen LogP contribution in [0.1, 0.15) is 25.2 Å². The predicted octanol–water partition coefficient (Wildman–Crippen LogP) is 2.74. The van der Waals surface area contributed by atoms with Crippen LogP contribution < -0.4 is 14.4 Å². The van der Waals surface area contributed by atoms with E-state index in [1.807, 2.05) is 30.1 Å². The van der Waals surface area contributed by atoms with Crippen LogP contribution in [-0.2, 0) is 11.2 Å².